The van der Waals surface area contributed by atoms with E-state index in [-0.39, 0.29) is 0 Å². The number of unbranched alkanes of at least 4 members (excludes halogenated alkanes) is 2. The highest BCUT2D eigenvalue weighted by atomic mass is 15.0. The molecule has 0 saturated heterocycles. The van der Waals surface area contributed by atoms with Gasteiger partial charge < -0.3 is 0 Å². The van der Waals surface area contributed by atoms with Gasteiger partial charge in [0.2, 0.25) is 0 Å². The molecule has 0 saturated carbocycles. The molecule has 0 fully saturated rings. The van der Waals surface area contributed by atoms with Crippen molar-refractivity contribution < 1.29 is 4.58 Å². The summed E-state index contributed by atoms with van der Waals surface area (Å²) in [7, 11) is 0. The molecule has 0 unspecified atom stereocenters. The third kappa shape index (κ3) is 5.54. The van der Waals surface area contributed by atoms with Crippen molar-refractivity contribution in [2.75, 3.05) is 13.1 Å². The van der Waals surface area contributed by atoms with Crippen LogP contribution in [0.1, 0.15) is 33.1 Å². The fourth-order valence-electron chi connectivity index (χ4n) is 0.744. The van der Waals surface area contributed by atoms with Crippen LogP contribution in [0, 0.1) is 0 Å². The Balaban J connectivity index is 2.97. The van der Waals surface area contributed by atoms with Gasteiger partial charge in [0.25, 0.3) is 0 Å². The SMILES string of the molecule is C=[N+](CC)CCCCC. The minimum Gasteiger partial charge on any atom is -0.243 e. The summed E-state index contributed by atoms with van der Waals surface area (Å²) in [5, 5.41) is 0. The van der Waals surface area contributed by atoms with Gasteiger partial charge in [0.1, 0.15) is 19.8 Å². The maximum atomic E-state index is 3.86. The molecule has 0 amide bonds. The number of rotatable bonds is 5. The molecular formula is C8H18N+. The predicted molar refractivity (Wildman–Crippen MR) is 42.3 cm³/mol. The van der Waals surface area contributed by atoms with E-state index >= 15 is 0 Å². The highest BCUT2D eigenvalue weighted by molar-refractivity contribution is 5.14. The van der Waals surface area contributed by atoms with Gasteiger partial charge in [-0.1, -0.05) is 13.3 Å². The van der Waals surface area contributed by atoms with Gasteiger partial charge in [-0.05, 0) is 13.3 Å². The first-order chi connectivity index (χ1) is 4.31. The summed E-state index contributed by atoms with van der Waals surface area (Å²) in [5.41, 5.74) is 0. The summed E-state index contributed by atoms with van der Waals surface area (Å²) in [6.45, 7) is 10.5. The van der Waals surface area contributed by atoms with E-state index in [1.807, 2.05) is 0 Å². The van der Waals surface area contributed by atoms with Gasteiger partial charge in [0.05, 0.1) is 0 Å². The minimum absolute atomic E-state index is 1.07. The lowest BCUT2D eigenvalue weighted by Crippen LogP contribution is -2.09. The van der Waals surface area contributed by atoms with Gasteiger partial charge in [0.15, 0.2) is 0 Å². The molecule has 0 spiro atoms. The lowest BCUT2D eigenvalue weighted by Gasteiger charge is -1.95. The van der Waals surface area contributed by atoms with Gasteiger partial charge in [-0.25, -0.2) is 4.58 Å². The van der Waals surface area contributed by atoms with Crippen LogP contribution in [0.25, 0.3) is 0 Å². The lowest BCUT2D eigenvalue weighted by molar-refractivity contribution is -0.516. The molecule has 1 nitrogen and oxygen atoms in total. The molecule has 0 aromatic rings. The minimum atomic E-state index is 1.07. The quantitative estimate of drug-likeness (QED) is 0.302. The van der Waals surface area contributed by atoms with Crippen LogP contribution < -0.4 is 0 Å². The Bertz CT molecular complexity index is 76.6. The van der Waals surface area contributed by atoms with E-state index in [9.17, 15) is 0 Å². The van der Waals surface area contributed by atoms with Crippen LogP contribution in [0.15, 0.2) is 0 Å². The third-order valence-corrected chi connectivity index (χ3v) is 1.53. The fourth-order valence-corrected chi connectivity index (χ4v) is 0.744. The Labute approximate surface area is 58.4 Å². The maximum Gasteiger partial charge on any atom is 0.142 e. The van der Waals surface area contributed by atoms with Crippen molar-refractivity contribution in [2.24, 2.45) is 0 Å². The number of nitrogens with zero attached hydrogens (tertiary/aromatic N) is 1. The zero-order valence-electron chi connectivity index (χ0n) is 6.69. The Kier molecular flexibility index (Phi) is 5.59. The highest BCUT2D eigenvalue weighted by Crippen LogP contribution is 1.92. The van der Waals surface area contributed by atoms with Crippen LogP contribution in [0.3, 0.4) is 0 Å². The molecule has 54 valence electrons. The maximum absolute atomic E-state index is 3.86. The summed E-state index contributed by atoms with van der Waals surface area (Å²) in [6, 6.07) is 0. The Morgan fingerprint density at radius 2 is 1.89 bits per heavy atom. The van der Waals surface area contributed by atoms with Crippen molar-refractivity contribution in [3.63, 3.8) is 0 Å². The average Bonchev–Trinajstić information content (AvgIpc) is 1.89. The van der Waals surface area contributed by atoms with Gasteiger partial charge in [-0.3, -0.25) is 0 Å². The Morgan fingerprint density at radius 1 is 1.22 bits per heavy atom. The fraction of sp³-hybridized carbons (Fsp3) is 0.875. The topological polar surface area (TPSA) is 3.01 Å². The van der Waals surface area contributed by atoms with Crippen LogP contribution in [-0.2, 0) is 0 Å². The van der Waals surface area contributed by atoms with Crippen molar-refractivity contribution >= 4 is 6.72 Å². The Hall–Kier alpha value is -0.330. The Morgan fingerprint density at radius 3 is 2.33 bits per heavy atom. The molecule has 0 N–H and O–H groups in total. The first kappa shape index (κ1) is 8.67. The van der Waals surface area contributed by atoms with Crippen molar-refractivity contribution in [1.82, 2.24) is 0 Å². The van der Waals surface area contributed by atoms with E-state index in [4.69, 9.17) is 0 Å². The summed E-state index contributed by atoms with van der Waals surface area (Å²) in [5.74, 6) is 0. The van der Waals surface area contributed by atoms with Crippen LogP contribution >= 0.6 is 0 Å². The van der Waals surface area contributed by atoms with Gasteiger partial charge in [-0.2, -0.15) is 0 Å². The van der Waals surface area contributed by atoms with E-state index < -0.39 is 0 Å². The first-order valence-corrected chi connectivity index (χ1v) is 3.86. The average molecular weight is 128 g/mol. The van der Waals surface area contributed by atoms with Gasteiger partial charge >= 0.3 is 0 Å². The summed E-state index contributed by atoms with van der Waals surface area (Å²) in [4.78, 5) is 0. The van der Waals surface area contributed by atoms with Crippen LogP contribution in [0.5, 0.6) is 0 Å². The van der Waals surface area contributed by atoms with E-state index in [2.05, 4.69) is 25.1 Å². The molecule has 9 heavy (non-hydrogen) atoms. The summed E-state index contributed by atoms with van der Waals surface area (Å²) < 4.78 is 2.11. The molecule has 0 bridgehead atoms. The van der Waals surface area contributed by atoms with Crippen LogP contribution in [0.2, 0.25) is 0 Å². The normalized spacial score (nSPS) is 9.56. The molecule has 0 aromatic heterocycles. The number of hydrogen-bond acceptors (Lipinski definition) is 0. The molecule has 0 aliphatic rings. The predicted octanol–water partition coefficient (Wildman–Crippen LogP) is 1.91. The monoisotopic (exact) mass is 128 g/mol. The lowest BCUT2D eigenvalue weighted by atomic mass is 10.2. The second-order valence-electron chi connectivity index (χ2n) is 2.42. The zero-order valence-corrected chi connectivity index (χ0v) is 6.69. The van der Waals surface area contributed by atoms with E-state index in [1.165, 1.54) is 19.3 Å². The largest absolute Gasteiger partial charge is 0.243 e. The number of hydrogen-bond donors (Lipinski definition) is 0. The molecular weight excluding hydrogens is 110 g/mol. The molecule has 0 atom stereocenters. The second kappa shape index (κ2) is 5.80. The first-order valence-electron chi connectivity index (χ1n) is 3.86. The summed E-state index contributed by atoms with van der Waals surface area (Å²) >= 11 is 0. The van der Waals surface area contributed by atoms with Crippen LogP contribution in [-0.4, -0.2) is 24.4 Å². The molecule has 0 rings (SSSR count). The molecule has 0 aromatic carbocycles. The second-order valence-corrected chi connectivity index (χ2v) is 2.42. The van der Waals surface area contributed by atoms with Crippen molar-refractivity contribution in [3.8, 4) is 0 Å². The van der Waals surface area contributed by atoms with E-state index in [1.54, 1.807) is 0 Å². The van der Waals surface area contributed by atoms with Gasteiger partial charge in [0, 0.05) is 6.42 Å². The highest BCUT2D eigenvalue weighted by Gasteiger charge is 1.93. The molecule has 1 heteroatoms. The van der Waals surface area contributed by atoms with E-state index in [0.717, 1.165) is 13.1 Å². The molecule has 0 radical (unpaired) electrons. The third-order valence-electron chi connectivity index (χ3n) is 1.53. The van der Waals surface area contributed by atoms with Crippen molar-refractivity contribution in [1.29, 1.82) is 0 Å². The smallest absolute Gasteiger partial charge is 0.142 e. The summed E-state index contributed by atoms with van der Waals surface area (Å²) in [6.07, 6.45) is 3.94. The van der Waals surface area contributed by atoms with Crippen molar-refractivity contribution in [2.45, 2.75) is 33.1 Å². The molecule has 0 aliphatic carbocycles. The standard InChI is InChI=1S/C8H18N/c1-4-6-7-8-9(3)5-2/h3-8H2,1-2H3/q+1. The molecule has 0 heterocycles. The van der Waals surface area contributed by atoms with Gasteiger partial charge in [-0.15, -0.1) is 0 Å². The van der Waals surface area contributed by atoms with Crippen LogP contribution in [0.4, 0.5) is 0 Å². The molecule has 0 aliphatic heterocycles. The van der Waals surface area contributed by atoms with E-state index in [0.29, 0.717) is 0 Å². The van der Waals surface area contributed by atoms with Crippen molar-refractivity contribution in [3.05, 3.63) is 0 Å². The zero-order chi connectivity index (χ0) is 7.11.